The van der Waals surface area contributed by atoms with Crippen molar-refractivity contribution in [2.75, 3.05) is 53.0 Å². The molecule has 1 aliphatic heterocycles. The number of hydrogen-bond donors (Lipinski definition) is 1. The molecule has 2 amide bonds. The van der Waals surface area contributed by atoms with Gasteiger partial charge in [-0.1, -0.05) is 12.1 Å². The standard InChI is InChI=1S/C21H27FN4O4/c1-29-13-8-23-19(27)15-25-9-11-26(12-10-25)21(28)7-6-20-24-14-18(30-20)16-4-2-3-5-17(16)22/h2-5,14H,6-13,15H2,1H3,(H,23,27). The molecule has 2 aromatic rings. The fraction of sp³-hybridized carbons (Fsp3) is 0.476. The summed E-state index contributed by atoms with van der Waals surface area (Å²) in [5, 5.41) is 2.79. The minimum atomic E-state index is -0.374. The molecule has 0 spiro atoms. The van der Waals surface area contributed by atoms with Crippen molar-refractivity contribution < 1.29 is 23.1 Å². The number of piperazine rings is 1. The van der Waals surface area contributed by atoms with E-state index >= 15 is 0 Å². The average molecular weight is 418 g/mol. The van der Waals surface area contributed by atoms with Crippen LogP contribution in [0.15, 0.2) is 34.9 Å². The normalized spacial score (nSPS) is 14.7. The molecule has 1 aromatic heterocycles. The van der Waals surface area contributed by atoms with Crippen molar-refractivity contribution in [3.8, 4) is 11.3 Å². The Morgan fingerprint density at radius 3 is 2.73 bits per heavy atom. The second kappa shape index (κ2) is 10.8. The Morgan fingerprint density at radius 2 is 2.00 bits per heavy atom. The third-order valence-corrected chi connectivity index (χ3v) is 4.97. The van der Waals surface area contributed by atoms with E-state index in [2.05, 4.69) is 10.3 Å². The van der Waals surface area contributed by atoms with Gasteiger partial charge in [-0.25, -0.2) is 9.37 Å². The van der Waals surface area contributed by atoms with Crippen molar-refractivity contribution in [3.05, 3.63) is 42.2 Å². The van der Waals surface area contributed by atoms with E-state index in [9.17, 15) is 14.0 Å². The number of carbonyl (C=O) groups excluding carboxylic acids is 2. The Hall–Kier alpha value is -2.78. The first-order valence-electron chi connectivity index (χ1n) is 10.0. The maximum absolute atomic E-state index is 13.8. The molecule has 0 unspecified atom stereocenters. The van der Waals surface area contributed by atoms with Crippen LogP contribution >= 0.6 is 0 Å². The number of aromatic nitrogens is 1. The molecular formula is C21H27FN4O4. The van der Waals surface area contributed by atoms with Gasteiger partial charge in [-0.15, -0.1) is 0 Å². The molecule has 2 heterocycles. The van der Waals surface area contributed by atoms with Crippen molar-refractivity contribution in [1.29, 1.82) is 0 Å². The van der Waals surface area contributed by atoms with Gasteiger partial charge in [-0.2, -0.15) is 0 Å². The van der Waals surface area contributed by atoms with E-state index in [0.717, 1.165) is 0 Å². The predicted octanol–water partition coefficient (Wildman–Crippen LogP) is 1.32. The van der Waals surface area contributed by atoms with Gasteiger partial charge < -0.3 is 19.4 Å². The fourth-order valence-electron chi connectivity index (χ4n) is 3.29. The molecule has 9 heteroatoms. The average Bonchev–Trinajstić information content (AvgIpc) is 3.22. The highest BCUT2D eigenvalue weighted by molar-refractivity contribution is 5.78. The van der Waals surface area contributed by atoms with Crippen LogP contribution in [0.4, 0.5) is 4.39 Å². The Bertz CT molecular complexity index is 849. The summed E-state index contributed by atoms with van der Waals surface area (Å²) in [6, 6.07) is 6.33. The molecule has 1 aromatic carbocycles. The molecule has 3 rings (SSSR count). The van der Waals surface area contributed by atoms with Crippen LogP contribution in [0.3, 0.4) is 0 Å². The molecule has 30 heavy (non-hydrogen) atoms. The lowest BCUT2D eigenvalue weighted by Crippen LogP contribution is -2.51. The molecule has 1 aliphatic rings. The Balaban J connectivity index is 1.40. The first kappa shape index (κ1) is 21.9. The molecule has 0 aliphatic carbocycles. The van der Waals surface area contributed by atoms with Crippen LogP contribution in [0.5, 0.6) is 0 Å². The summed E-state index contributed by atoms with van der Waals surface area (Å²) in [5.41, 5.74) is 0.352. The maximum Gasteiger partial charge on any atom is 0.234 e. The van der Waals surface area contributed by atoms with Crippen molar-refractivity contribution >= 4 is 11.8 Å². The number of nitrogens with one attached hydrogen (secondary N) is 1. The second-order valence-electron chi connectivity index (χ2n) is 7.10. The number of ether oxygens (including phenoxy) is 1. The number of aryl methyl sites for hydroxylation is 1. The maximum atomic E-state index is 13.8. The topological polar surface area (TPSA) is 87.9 Å². The fourth-order valence-corrected chi connectivity index (χ4v) is 3.29. The van der Waals surface area contributed by atoms with E-state index in [0.29, 0.717) is 69.5 Å². The van der Waals surface area contributed by atoms with Crippen LogP contribution in [0.1, 0.15) is 12.3 Å². The quantitative estimate of drug-likeness (QED) is 0.618. The van der Waals surface area contributed by atoms with Crippen LogP contribution in [0.25, 0.3) is 11.3 Å². The van der Waals surface area contributed by atoms with Crippen molar-refractivity contribution in [3.63, 3.8) is 0 Å². The van der Waals surface area contributed by atoms with E-state index in [1.807, 2.05) is 4.90 Å². The van der Waals surface area contributed by atoms with Crippen LogP contribution in [0, 0.1) is 5.82 Å². The first-order valence-corrected chi connectivity index (χ1v) is 10.0. The van der Waals surface area contributed by atoms with Crippen LogP contribution in [-0.2, 0) is 20.7 Å². The van der Waals surface area contributed by atoms with Gasteiger partial charge in [0.25, 0.3) is 0 Å². The zero-order valence-electron chi connectivity index (χ0n) is 17.1. The summed E-state index contributed by atoms with van der Waals surface area (Å²) >= 11 is 0. The highest BCUT2D eigenvalue weighted by Gasteiger charge is 2.22. The van der Waals surface area contributed by atoms with Gasteiger partial charge in [0.05, 0.1) is 24.9 Å². The largest absolute Gasteiger partial charge is 0.441 e. The smallest absolute Gasteiger partial charge is 0.234 e. The lowest BCUT2D eigenvalue weighted by molar-refractivity contribution is -0.133. The van der Waals surface area contributed by atoms with Gasteiger partial charge in [-0.3, -0.25) is 14.5 Å². The number of methoxy groups -OCH3 is 1. The molecular weight excluding hydrogens is 391 g/mol. The van der Waals surface area contributed by atoms with Crippen LogP contribution in [0.2, 0.25) is 0 Å². The van der Waals surface area contributed by atoms with E-state index in [4.69, 9.17) is 9.15 Å². The summed E-state index contributed by atoms with van der Waals surface area (Å²) < 4.78 is 24.4. The van der Waals surface area contributed by atoms with Gasteiger partial charge >= 0.3 is 0 Å². The molecule has 1 N–H and O–H groups in total. The van der Waals surface area contributed by atoms with E-state index in [-0.39, 0.29) is 24.1 Å². The highest BCUT2D eigenvalue weighted by Crippen LogP contribution is 2.23. The highest BCUT2D eigenvalue weighted by atomic mass is 19.1. The monoisotopic (exact) mass is 418 g/mol. The third-order valence-electron chi connectivity index (χ3n) is 4.97. The number of amides is 2. The zero-order valence-corrected chi connectivity index (χ0v) is 17.1. The predicted molar refractivity (Wildman–Crippen MR) is 108 cm³/mol. The summed E-state index contributed by atoms with van der Waals surface area (Å²) in [6.07, 6.45) is 2.11. The van der Waals surface area contributed by atoms with E-state index < -0.39 is 0 Å². The molecule has 0 bridgehead atoms. The Kier molecular flexibility index (Phi) is 7.92. The number of carbonyl (C=O) groups is 2. The minimum Gasteiger partial charge on any atom is -0.441 e. The number of rotatable bonds is 9. The van der Waals surface area contributed by atoms with Gasteiger partial charge in [0.15, 0.2) is 11.7 Å². The second-order valence-corrected chi connectivity index (χ2v) is 7.10. The summed E-state index contributed by atoms with van der Waals surface area (Å²) in [5.74, 6) is 0.369. The minimum absolute atomic E-state index is 0.0184. The Labute approximate surface area is 175 Å². The van der Waals surface area contributed by atoms with Gasteiger partial charge in [0.1, 0.15) is 5.82 Å². The van der Waals surface area contributed by atoms with Crippen molar-refractivity contribution in [2.45, 2.75) is 12.8 Å². The molecule has 8 nitrogen and oxygen atoms in total. The van der Waals surface area contributed by atoms with Crippen LogP contribution in [-0.4, -0.2) is 79.6 Å². The lowest BCUT2D eigenvalue weighted by atomic mass is 10.2. The molecule has 0 radical (unpaired) electrons. The van der Waals surface area contributed by atoms with Crippen LogP contribution < -0.4 is 5.32 Å². The van der Waals surface area contributed by atoms with E-state index in [1.165, 1.54) is 12.3 Å². The number of hydrogen-bond acceptors (Lipinski definition) is 6. The van der Waals surface area contributed by atoms with Gasteiger partial charge in [-0.05, 0) is 12.1 Å². The molecule has 1 saturated heterocycles. The third kappa shape index (κ3) is 6.11. The summed E-state index contributed by atoms with van der Waals surface area (Å²) in [7, 11) is 1.59. The SMILES string of the molecule is COCCNC(=O)CN1CCN(C(=O)CCc2ncc(-c3ccccc3F)o2)CC1. The summed E-state index contributed by atoms with van der Waals surface area (Å²) in [4.78, 5) is 32.3. The molecule has 0 atom stereocenters. The van der Waals surface area contributed by atoms with Crippen molar-refractivity contribution in [2.24, 2.45) is 0 Å². The van der Waals surface area contributed by atoms with Crippen molar-refractivity contribution in [1.82, 2.24) is 20.1 Å². The zero-order chi connectivity index (χ0) is 21.3. The molecule has 1 fully saturated rings. The number of nitrogens with zero attached hydrogens (tertiary/aromatic N) is 3. The Morgan fingerprint density at radius 1 is 1.23 bits per heavy atom. The lowest BCUT2D eigenvalue weighted by Gasteiger charge is -2.34. The number of benzene rings is 1. The first-order chi connectivity index (χ1) is 14.6. The van der Waals surface area contributed by atoms with E-state index in [1.54, 1.807) is 30.2 Å². The molecule has 0 saturated carbocycles. The van der Waals surface area contributed by atoms with Gasteiger partial charge in [0.2, 0.25) is 11.8 Å². The molecule has 162 valence electrons. The number of oxazole rings is 1. The number of halogens is 1. The van der Waals surface area contributed by atoms with Gasteiger partial charge in [0, 0.05) is 52.7 Å². The summed E-state index contributed by atoms with van der Waals surface area (Å²) in [6.45, 7) is 3.76.